The summed E-state index contributed by atoms with van der Waals surface area (Å²) in [6, 6.07) is 12.7. The molecule has 0 saturated carbocycles. The molecule has 0 aliphatic heterocycles. The van der Waals surface area contributed by atoms with E-state index in [-0.39, 0.29) is 11.1 Å². The highest BCUT2D eigenvalue weighted by molar-refractivity contribution is 9.10. The third-order valence-electron chi connectivity index (χ3n) is 2.59. The van der Waals surface area contributed by atoms with Crippen LogP contribution in [0.5, 0.6) is 0 Å². The molecule has 0 aliphatic rings. The van der Waals surface area contributed by atoms with Crippen LogP contribution in [0.3, 0.4) is 0 Å². The van der Waals surface area contributed by atoms with E-state index in [9.17, 15) is 9.18 Å². The molecule has 0 radical (unpaired) electrons. The Kier molecular flexibility index (Phi) is 4.80. The molecule has 1 N–H and O–H groups in total. The standard InChI is InChI=1S/C15H9BrFN3O/c16-12-4-1-10(2-5-12)9-19-20-15(21)13-6-3-11(8-18)7-14(13)17/h1-7,9H,(H,20,21)/b19-9-. The van der Waals surface area contributed by atoms with Gasteiger partial charge < -0.3 is 0 Å². The zero-order valence-corrected chi connectivity index (χ0v) is 12.3. The molecule has 6 heteroatoms. The van der Waals surface area contributed by atoms with Gasteiger partial charge in [-0.3, -0.25) is 4.79 Å². The smallest absolute Gasteiger partial charge is 0.267 e. The summed E-state index contributed by atoms with van der Waals surface area (Å²) in [4.78, 5) is 11.8. The van der Waals surface area contributed by atoms with Crippen LogP contribution in [-0.4, -0.2) is 12.1 Å². The quantitative estimate of drug-likeness (QED) is 0.685. The van der Waals surface area contributed by atoms with Crippen molar-refractivity contribution in [1.82, 2.24) is 5.43 Å². The summed E-state index contributed by atoms with van der Waals surface area (Å²) >= 11 is 3.31. The molecule has 4 nitrogen and oxygen atoms in total. The fourth-order valence-electron chi connectivity index (χ4n) is 1.54. The van der Waals surface area contributed by atoms with Gasteiger partial charge in [-0.2, -0.15) is 10.4 Å². The topological polar surface area (TPSA) is 65.2 Å². The number of benzene rings is 2. The molecule has 0 spiro atoms. The monoisotopic (exact) mass is 345 g/mol. The van der Waals surface area contributed by atoms with Gasteiger partial charge in [0.2, 0.25) is 0 Å². The Morgan fingerprint density at radius 1 is 1.29 bits per heavy atom. The number of nitriles is 1. The van der Waals surface area contributed by atoms with E-state index in [1.54, 1.807) is 6.07 Å². The number of carbonyl (C=O) groups excluding carboxylic acids is 1. The first-order chi connectivity index (χ1) is 10.1. The minimum atomic E-state index is -0.759. The highest BCUT2D eigenvalue weighted by Crippen LogP contribution is 2.10. The van der Waals surface area contributed by atoms with Crippen molar-refractivity contribution in [2.45, 2.75) is 0 Å². The van der Waals surface area contributed by atoms with Crippen molar-refractivity contribution in [1.29, 1.82) is 5.26 Å². The third-order valence-corrected chi connectivity index (χ3v) is 3.12. The Balaban J connectivity index is 2.05. The molecule has 0 saturated heterocycles. The van der Waals surface area contributed by atoms with Crippen molar-refractivity contribution in [2.24, 2.45) is 5.10 Å². The van der Waals surface area contributed by atoms with Gasteiger partial charge >= 0.3 is 0 Å². The number of hydrogen-bond donors (Lipinski definition) is 1. The van der Waals surface area contributed by atoms with Crippen LogP contribution in [-0.2, 0) is 0 Å². The van der Waals surface area contributed by atoms with Crippen molar-refractivity contribution < 1.29 is 9.18 Å². The van der Waals surface area contributed by atoms with Crippen LogP contribution in [0.2, 0.25) is 0 Å². The summed E-state index contributed by atoms with van der Waals surface area (Å²) in [5, 5.41) is 12.4. The number of hydrazone groups is 1. The number of nitrogens with zero attached hydrogens (tertiary/aromatic N) is 2. The van der Waals surface area contributed by atoms with Crippen molar-refractivity contribution in [3.05, 3.63) is 69.4 Å². The van der Waals surface area contributed by atoms with Crippen LogP contribution in [0.15, 0.2) is 52.0 Å². The van der Waals surface area contributed by atoms with Gasteiger partial charge in [0, 0.05) is 4.47 Å². The average Bonchev–Trinajstić information content (AvgIpc) is 2.49. The SMILES string of the molecule is N#Cc1ccc(C(=O)N/N=C\c2ccc(Br)cc2)c(F)c1. The van der Waals surface area contributed by atoms with Crippen LogP contribution < -0.4 is 5.43 Å². The van der Waals surface area contributed by atoms with Crippen molar-refractivity contribution >= 4 is 28.1 Å². The maximum absolute atomic E-state index is 13.6. The zero-order chi connectivity index (χ0) is 15.2. The van der Waals surface area contributed by atoms with E-state index in [2.05, 4.69) is 26.5 Å². The Labute approximate surface area is 129 Å². The first kappa shape index (κ1) is 14.9. The highest BCUT2D eigenvalue weighted by atomic mass is 79.9. The minimum Gasteiger partial charge on any atom is -0.267 e. The van der Waals surface area contributed by atoms with Crippen LogP contribution in [0, 0.1) is 17.1 Å². The zero-order valence-electron chi connectivity index (χ0n) is 10.7. The lowest BCUT2D eigenvalue weighted by Gasteiger charge is -2.01. The highest BCUT2D eigenvalue weighted by Gasteiger charge is 2.11. The van der Waals surface area contributed by atoms with Gasteiger partial charge in [-0.05, 0) is 35.9 Å². The maximum Gasteiger partial charge on any atom is 0.274 e. The van der Waals surface area contributed by atoms with Crippen LogP contribution >= 0.6 is 15.9 Å². The number of rotatable bonds is 3. The molecule has 0 aromatic heterocycles. The van der Waals surface area contributed by atoms with Crippen LogP contribution in [0.4, 0.5) is 4.39 Å². The molecule has 104 valence electrons. The van der Waals surface area contributed by atoms with Crippen LogP contribution in [0.25, 0.3) is 0 Å². The predicted octanol–water partition coefficient (Wildman–Crippen LogP) is 3.22. The molecule has 21 heavy (non-hydrogen) atoms. The summed E-state index contributed by atoms with van der Waals surface area (Å²) in [6.07, 6.45) is 1.45. The number of amides is 1. The molecule has 0 bridgehead atoms. The summed E-state index contributed by atoms with van der Waals surface area (Å²) in [5.74, 6) is -1.43. The lowest BCUT2D eigenvalue weighted by atomic mass is 10.1. The Hall–Kier alpha value is -2.52. The van der Waals surface area contributed by atoms with Crippen molar-refractivity contribution in [2.75, 3.05) is 0 Å². The molecule has 0 heterocycles. The molecule has 2 aromatic carbocycles. The van der Waals surface area contributed by atoms with Gasteiger partial charge in [-0.1, -0.05) is 28.1 Å². The summed E-state index contributed by atoms with van der Waals surface area (Å²) in [7, 11) is 0. The lowest BCUT2D eigenvalue weighted by Crippen LogP contribution is -2.19. The van der Waals surface area contributed by atoms with Gasteiger partial charge in [0.25, 0.3) is 5.91 Å². The predicted molar refractivity (Wildman–Crippen MR) is 80.3 cm³/mol. The molecule has 1 amide bonds. The Bertz CT molecular complexity index is 736. The number of halogens is 2. The van der Waals surface area contributed by atoms with E-state index in [0.717, 1.165) is 16.1 Å². The van der Waals surface area contributed by atoms with Crippen molar-refractivity contribution in [3.8, 4) is 6.07 Å². The number of hydrogen-bond acceptors (Lipinski definition) is 3. The number of nitrogens with one attached hydrogen (secondary N) is 1. The average molecular weight is 346 g/mol. The summed E-state index contributed by atoms with van der Waals surface area (Å²) in [5.41, 5.74) is 3.02. The van der Waals surface area contributed by atoms with E-state index in [1.165, 1.54) is 18.3 Å². The second kappa shape index (κ2) is 6.77. The maximum atomic E-state index is 13.6. The molecule has 2 rings (SSSR count). The normalized spacial score (nSPS) is 10.3. The Morgan fingerprint density at radius 2 is 2.00 bits per heavy atom. The summed E-state index contributed by atoms with van der Waals surface area (Å²) < 4.78 is 14.5. The largest absolute Gasteiger partial charge is 0.274 e. The van der Waals surface area contributed by atoms with E-state index >= 15 is 0 Å². The van der Waals surface area contributed by atoms with Crippen LogP contribution in [0.1, 0.15) is 21.5 Å². The first-order valence-electron chi connectivity index (χ1n) is 5.89. The second-order valence-corrected chi connectivity index (χ2v) is 4.97. The number of carbonyl (C=O) groups is 1. The fourth-order valence-corrected chi connectivity index (χ4v) is 1.81. The van der Waals surface area contributed by atoms with Gasteiger partial charge in [-0.15, -0.1) is 0 Å². The molecule has 0 fully saturated rings. The second-order valence-electron chi connectivity index (χ2n) is 4.06. The molecule has 0 aliphatic carbocycles. The van der Waals surface area contributed by atoms with E-state index in [0.29, 0.717) is 0 Å². The molecule has 0 atom stereocenters. The fraction of sp³-hybridized carbons (Fsp3) is 0. The summed E-state index contributed by atoms with van der Waals surface area (Å²) in [6.45, 7) is 0. The van der Waals surface area contributed by atoms with Gasteiger partial charge in [0.05, 0.1) is 23.4 Å². The van der Waals surface area contributed by atoms with E-state index < -0.39 is 11.7 Å². The van der Waals surface area contributed by atoms with Gasteiger partial charge in [-0.25, -0.2) is 9.82 Å². The minimum absolute atomic E-state index is 0.155. The Morgan fingerprint density at radius 3 is 2.62 bits per heavy atom. The third kappa shape index (κ3) is 3.97. The van der Waals surface area contributed by atoms with E-state index in [1.807, 2.05) is 24.3 Å². The van der Waals surface area contributed by atoms with Gasteiger partial charge in [0.15, 0.2) is 0 Å². The molecular weight excluding hydrogens is 337 g/mol. The first-order valence-corrected chi connectivity index (χ1v) is 6.68. The lowest BCUT2D eigenvalue weighted by molar-refractivity contribution is 0.0951. The van der Waals surface area contributed by atoms with Crippen molar-refractivity contribution in [3.63, 3.8) is 0 Å². The molecular formula is C15H9BrFN3O. The van der Waals surface area contributed by atoms with E-state index in [4.69, 9.17) is 5.26 Å². The molecule has 0 unspecified atom stereocenters. The van der Waals surface area contributed by atoms with Gasteiger partial charge in [0.1, 0.15) is 5.82 Å². The molecule has 2 aromatic rings.